The Morgan fingerprint density at radius 1 is 1.10 bits per heavy atom. The zero-order valence-electron chi connectivity index (χ0n) is 17.0. The maximum absolute atomic E-state index is 12.3. The maximum atomic E-state index is 12.3. The summed E-state index contributed by atoms with van der Waals surface area (Å²) < 4.78 is 5.63. The molecule has 0 aliphatic carbocycles. The van der Waals surface area contributed by atoms with Gasteiger partial charge in [0.05, 0.1) is 19.3 Å². The molecule has 3 rings (SSSR count). The smallest absolute Gasteiger partial charge is 0.415 e. The van der Waals surface area contributed by atoms with Gasteiger partial charge in [-0.3, -0.25) is 9.69 Å². The second-order valence-corrected chi connectivity index (χ2v) is 7.94. The van der Waals surface area contributed by atoms with Crippen molar-refractivity contribution in [3.05, 3.63) is 29.8 Å². The van der Waals surface area contributed by atoms with E-state index in [-0.39, 0.29) is 12.1 Å². The number of nitrogens with zero attached hydrogens (tertiary/aromatic N) is 1. The van der Waals surface area contributed by atoms with E-state index in [9.17, 15) is 30.0 Å². The highest BCUT2D eigenvalue weighted by Crippen LogP contribution is 2.34. The van der Waals surface area contributed by atoms with Gasteiger partial charge in [0.15, 0.2) is 0 Å². The van der Waals surface area contributed by atoms with E-state index in [1.807, 2.05) is 0 Å². The molecule has 2 aliphatic heterocycles. The molecule has 4 atom stereocenters. The zero-order valence-corrected chi connectivity index (χ0v) is 17.0. The van der Waals surface area contributed by atoms with E-state index in [1.54, 1.807) is 17.0 Å². The standard InChI is InChI=1S/C20H29N3O8/c24-10-15(26)17(28)16(27)14(25)9-22-18(29)12-1-3-13(4-2-12)23-11-20(31-19(23)30)5-7-21-8-6-20/h1-4,14-17,21,24-28H,5-11H2,(H,22,29)/t14-,15+,16+,17+/m0/s1. The van der Waals surface area contributed by atoms with Crippen LogP contribution >= 0.6 is 0 Å². The number of nitrogens with one attached hydrogen (secondary N) is 2. The summed E-state index contributed by atoms with van der Waals surface area (Å²) in [6, 6.07) is 6.31. The van der Waals surface area contributed by atoms with Crippen LogP contribution in [0, 0.1) is 0 Å². The van der Waals surface area contributed by atoms with Crippen LogP contribution in [0.3, 0.4) is 0 Å². The molecule has 1 aromatic carbocycles. The number of hydrogen-bond donors (Lipinski definition) is 7. The summed E-state index contributed by atoms with van der Waals surface area (Å²) in [6.07, 6.45) is -5.62. The number of ether oxygens (including phenoxy) is 1. The molecule has 2 amide bonds. The number of carbonyl (C=O) groups excluding carboxylic acids is 2. The summed E-state index contributed by atoms with van der Waals surface area (Å²) in [5.41, 5.74) is 0.392. The lowest BCUT2D eigenvalue weighted by molar-refractivity contribution is -0.113. The minimum atomic E-state index is -1.76. The molecule has 2 aliphatic rings. The molecule has 0 bridgehead atoms. The fraction of sp³-hybridized carbons (Fsp3) is 0.600. The zero-order chi connectivity index (χ0) is 22.6. The van der Waals surface area contributed by atoms with Crippen molar-refractivity contribution in [2.24, 2.45) is 0 Å². The van der Waals surface area contributed by atoms with Crippen molar-refractivity contribution in [3.63, 3.8) is 0 Å². The number of amides is 2. The van der Waals surface area contributed by atoms with Crippen molar-refractivity contribution < 1.29 is 39.9 Å². The number of benzene rings is 1. The molecule has 0 radical (unpaired) electrons. The van der Waals surface area contributed by atoms with E-state index < -0.39 is 48.6 Å². The molecule has 11 nitrogen and oxygen atoms in total. The third kappa shape index (κ3) is 5.32. The minimum absolute atomic E-state index is 0.269. The first-order valence-electron chi connectivity index (χ1n) is 10.2. The van der Waals surface area contributed by atoms with Crippen LogP contribution < -0.4 is 15.5 Å². The average Bonchev–Trinajstić information content (AvgIpc) is 3.11. The predicted octanol–water partition coefficient (Wildman–Crippen LogP) is -2.07. The second kappa shape index (κ2) is 9.90. The van der Waals surface area contributed by atoms with E-state index in [0.717, 1.165) is 25.9 Å². The van der Waals surface area contributed by atoms with Crippen LogP contribution in [0.1, 0.15) is 23.2 Å². The summed E-state index contributed by atoms with van der Waals surface area (Å²) in [4.78, 5) is 26.2. The lowest BCUT2D eigenvalue weighted by atomic mass is 9.92. The van der Waals surface area contributed by atoms with Gasteiger partial charge in [0.2, 0.25) is 0 Å². The van der Waals surface area contributed by atoms with Crippen molar-refractivity contribution in [2.45, 2.75) is 42.9 Å². The van der Waals surface area contributed by atoms with E-state index >= 15 is 0 Å². The summed E-state index contributed by atoms with van der Waals surface area (Å²) in [5, 5.41) is 53.0. The highest BCUT2D eigenvalue weighted by molar-refractivity contribution is 5.95. The summed E-state index contributed by atoms with van der Waals surface area (Å²) in [6.45, 7) is 0.858. The lowest BCUT2D eigenvalue weighted by Gasteiger charge is -2.31. The summed E-state index contributed by atoms with van der Waals surface area (Å²) >= 11 is 0. The van der Waals surface area contributed by atoms with Crippen LogP contribution in [0.2, 0.25) is 0 Å². The van der Waals surface area contributed by atoms with Gasteiger partial charge in [-0.25, -0.2) is 4.79 Å². The Morgan fingerprint density at radius 2 is 1.71 bits per heavy atom. The normalized spacial score (nSPS) is 22.0. The second-order valence-electron chi connectivity index (χ2n) is 7.94. The van der Waals surface area contributed by atoms with Crippen molar-refractivity contribution in [3.8, 4) is 0 Å². The number of hydrogen-bond acceptors (Lipinski definition) is 9. The Balaban J connectivity index is 1.55. The molecular weight excluding hydrogens is 410 g/mol. The number of piperidine rings is 1. The van der Waals surface area contributed by atoms with Gasteiger partial charge in [-0.15, -0.1) is 0 Å². The van der Waals surface area contributed by atoms with Crippen molar-refractivity contribution in [2.75, 3.05) is 37.7 Å². The van der Waals surface area contributed by atoms with Gasteiger partial charge in [-0.2, -0.15) is 0 Å². The van der Waals surface area contributed by atoms with E-state index in [2.05, 4.69) is 10.6 Å². The third-order valence-corrected chi connectivity index (χ3v) is 5.72. The van der Waals surface area contributed by atoms with Crippen LogP contribution in [-0.2, 0) is 4.74 Å². The van der Waals surface area contributed by atoms with Gasteiger partial charge >= 0.3 is 6.09 Å². The Morgan fingerprint density at radius 3 is 2.32 bits per heavy atom. The SMILES string of the molecule is O=C(NC[C@H](O)[C@@H](O)[C@H](O)[C@H](O)CO)c1ccc(N2CC3(CCNCC3)OC2=O)cc1. The number of aliphatic hydroxyl groups is 5. The molecule has 0 unspecified atom stereocenters. The van der Waals surface area contributed by atoms with Gasteiger partial charge in [0.25, 0.3) is 5.91 Å². The summed E-state index contributed by atoms with van der Waals surface area (Å²) in [7, 11) is 0. The first-order chi connectivity index (χ1) is 14.8. The molecule has 2 fully saturated rings. The average molecular weight is 439 g/mol. The van der Waals surface area contributed by atoms with Crippen molar-refractivity contribution in [1.29, 1.82) is 0 Å². The molecule has 31 heavy (non-hydrogen) atoms. The molecule has 0 saturated carbocycles. The van der Waals surface area contributed by atoms with Gasteiger partial charge in [-0.05, 0) is 37.4 Å². The fourth-order valence-corrected chi connectivity index (χ4v) is 3.74. The molecular formula is C20H29N3O8. The lowest BCUT2D eigenvalue weighted by Crippen LogP contribution is -2.49. The van der Waals surface area contributed by atoms with Crippen LogP contribution in [0.5, 0.6) is 0 Å². The van der Waals surface area contributed by atoms with E-state index in [1.165, 1.54) is 12.1 Å². The molecule has 172 valence electrons. The van der Waals surface area contributed by atoms with Crippen LogP contribution in [0.15, 0.2) is 24.3 Å². The van der Waals surface area contributed by atoms with Crippen LogP contribution in [0.4, 0.5) is 10.5 Å². The van der Waals surface area contributed by atoms with E-state index in [0.29, 0.717) is 12.2 Å². The fourth-order valence-electron chi connectivity index (χ4n) is 3.74. The Labute approximate surface area is 179 Å². The van der Waals surface area contributed by atoms with Crippen LogP contribution in [0.25, 0.3) is 0 Å². The minimum Gasteiger partial charge on any atom is -0.441 e. The van der Waals surface area contributed by atoms with Gasteiger partial charge < -0.3 is 40.9 Å². The summed E-state index contributed by atoms with van der Waals surface area (Å²) in [5.74, 6) is -0.533. The monoisotopic (exact) mass is 439 g/mol. The third-order valence-electron chi connectivity index (χ3n) is 5.72. The number of rotatable bonds is 8. The first-order valence-corrected chi connectivity index (χ1v) is 10.2. The highest BCUT2D eigenvalue weighted by Gasteiger charge is 2.46. The number of carbonyl (C=O) groups is 2. The molecule has 2 saturated heterocycles. The van der Waals surface area contributed by atoms with Gasteiger partial charge in [0, 0.05) is 30.6 Å². The number of aliphatic hydroxyl groups excluding tert-OH is 5. The van der Waals surface area contributed by atoms with Crippen molar-refractivity contribution >= 4 is 17.7 Å². The quantitative estimate of drug-likeness (QED) is 0.240. The van der Waals surface area contributed by atoms with Gasteiger partial charge in [-0.1, -0.05) is 0 Å². The topological polar surface area (TPSA) is 172 Å². The molecule has 7 N–H and O–H groups in total. The Bertz CT molecular complexity index is 768. The van der Waals surface area contributed by atoms with Gasteiger partial charge in [0.1, 0.15) is 23.9 Å². The molecule has 1 spiro atoms. The Hall–Kier alpha value is -2.28. The number of anilines is 1. The van der Waals surface area contributed by atoms with E-state index in [4.69, 9.17) is 9.84 Å². The predicted molar refractivity (Wildman–Crippen MR) is 109 cm³/mol. The van der Waals surface area contributed by atoms with Crippen LogP contribution in [-0.4, -0.2) is 100 Å². The molecule has 11 heteroatoms. The van der Waals surface area contributed by atoms with Crippen molar-refractivity contribution in [1.82, 2.24) is 10.6 Å². The highest BCUT2D eigenvalue weighted by atomic mass is 16.6. The molecule has 2 heterocycles. The largest absolute Gasteiger partial charge is 0.441 e. The first kappa shape index (κ1) is 23.4. The molecule has 0 aromatic heterocycles. The maximum Gasteiger partial charge on any atom is 0.415 e. The molecule has 1 aromatic rings. The Kier molecular flexibility index (Phi) is 7.46.